The molecule has 1 aliphatic rings. The molecule has 2 aromatic carbocycles. The first-order chi connectivity index (χ1) is 15.7. The van der Waals surface area contributed by atoms with E-state index >= 15 is 0 Å². The SMILES string of the molecule is CCOc1ccccc1N1CCN(C(=O)c2cc3c(C)nn(-c4ccccc4)c3s2)CC1. The van der Waals surface area contributed by atoms with Gasteiger partial charge in [0.15, 0.2) is 0 Å². The summed E-state index contributed by atoms with van der Waals surface area (Å²) in [5, 5.41) is 5.73. The topological polar surface area (TPSA) is 50.6 Å². The maximum atomic E-state index is 13.3. The highest BCUT2D eigenvalue weighted by Gasteiger charge is 2.26. The predicted molar refractivity (Wildman–Crippen MR) is 129 cm³/mol. The predicted octanol–water partition coefficient (Wildman–Crippen LogP) is 4.76. The summed E-state index contributed by atoms with van der Waals surface area (Å²) in [6.45, 7) is 7.60. The Balaban J connectivity index is 1.34. The summed E-state index contributed by atoms with van der Waals surface area (Å²) in [6, 6.07) is 20.2. The molecular formula is C25H26N4O2S. The molecule has 0 N–H and O–H groups in total. The molecule has 32 heavy (non-hydrogen) atoms. The molecule has 1 aliphatic heterocycles. The normalized spacial score (nSPS) is 14.2. The fourth-order valence-corrected chi connectivity index (χ4v) is 5.35. The number of fused-ring (bicyclic) bond motifs is 1. The number of aryl methyl sites for hydroxylation is 1. The lowest BCUT2D eigenvalue weighted by atomic mass is 10.2. The third kappa shape index (κ3) is 3.73. The van der Waals surface area contributed by atoms with E-state index in [1.54, 1.807) is 0 Å². The van der Waals surface area contributed by atoms with Crippen LogP contribution in [0.3, 0.4) is 0 Å². The van der Waals surface area contributed by atoms with E-state index in [4.69, 9.17) is 4.74 Å². The Morgan fingerprint density at radius 2 is 1.75 bits per heavy atom. The standard InChI is InChI=1S/C25H26N4O2S/c1-3-31-22-12-8-7-11-21(22)27-13-15-28(16-14-27)24(30)23-17-20-18(2)26-29(25(20)32-23)19-9-5-4-6-10-19/h4-12,17H,3,13-16H2,1-2H3. The van der Waals surface area contributed by atoms with Crippen molar-refractivity contribution in [3.8, 4) is 11.4 Å². The highest BCUT2D eigenvalue weighted by molar-refractivity contribution is 7.20. The molecule has 1 saturated heterocycles. The second-order valence-electron chi connectivity index (χ2n) is 7.84. The van der Waals surface area contributed by atoms with Gasteiger partial charge in [-0.15, -0.1) is 11.3 Å². The number of carbonyl (C=O) groups is 1. The van der Waals surface area contributed by atoms with E-state index in [2.05, 4.69) is 16.1 Å². The number of amides is 1. The Morgan fingerprint density at radius 3 is 2.50 bits per heavy atom. The Morgan fingerprint density at radius 1 is 1.03 bits per heavy atom. The molecule has 4 aromatic rings. The number of carbonyl (C=O) groups excluding carboxylic acids is 1. The zero-order valence-electron chi connectivity index (χ0n) is 18.3. The number of ether oxygens (including phenoxy) is 1. The fourth-order valence-electron chi connectivity index (χ4n) is 4.20. The summed E-state index contributed by atoms with van der Waals surface area (Å²) in [5.41, 5.74) is 3.05. The first-order valence-corrected chi connectivity index (χ1v) is 11.8. The van der Waals surface area contributed by atoms with Gasteiger partial charge in [-0.1, -0.05) is 30.3 Å². The Labute approximate surface area is 191 Å². The molecule has 1 fully saturated rings. The van der Waals surface area contributed by atoms with Gasteiger partial charge in [0.25, 0.3) is 5.91 Å². The van der Waals surface area contributed by atoms with E-state index in [0.717, 1.165) is 51.0 Å². The van der Waals surface area contributed by atoms with Crippen LogP contribution in [0.25, 0.3) is 15.9 Å². The third-order valence-electron chi connectivity index (χ3n) is 5.83. The average molecular weight is 447 g/mol. The average Bonchev–Trinajstić information content (AvgIpc) is 3.40. The van der Waals surface area contributed by atoms with Gasteiger partial charge in [-0.05, 0) is 44.2 Å². The van der Waals surface area contributed by atoms with Crippen molar-refractivity contribution >= 4 is 33.1 Å². The van der Waals surface area contributed by atoms with Crippen molar-refractivity contribution in [3.05, 3.63) is 71.2 Å². The number of nitrogens with zero attached hydrogens (tertiary/aromatic N) is 4. The van der Waals surface area contributed by atoms with Crippen LogP contribution >= 0.6 is 11.3 Å². The summed E-state index contributed by atoms with van der Waals surface area (Å²) in [6.07, 6.45) is 0. The molecule has 0 unspecified atom stereocenters. The second kappa shape index (κ2) is 8.67. The monoisotopic (exact) mass is 446 g/mol. The number of rotatable bonds is 5. The van der Waals surface area contributed by atoms with Gasteiger partial charge in [0.05, 0.1) is 28.6 Å². The number of piperazine rings is 1. The van der Waals surface area contributed by atoms with Gasteiger partial charge in [-0.25, -0.2) is 4.68 Å². The molecule has 5 rings (SSSR count). The van der Waals surface area contributed by atoms with Gasteiger partial charge < -0.3 is 14.5 Å². The third-order valence-corrected chi connectivity index (χ3v) is 6.93. The number of aromatic nitrogens is 2. The Hall–Kier alpha value is -3.32. The zero-order valence-corrected chi connectivity index (χ0v) is 19.1. The van der Waals surface area contributed by atoms with Gasteiger partial charge in [0, 0.05) is 31.6 Å². The van der Waals surface area contributed by atoms with Crippen LogP contribution in [0.5, 0.6) is 5.75 Å². The molecule has 0 saturated carbocycles. The summed E-state index contributed by atoms with van der Waals surface area (Å²) in [5.74, 6) is 1.00. The number of hydrogen-bond donors (Lipinski definition) is 0. The van der Waals surface area contributed by atoms with Crippen molar-refractivity contribution in [1.29, 1.82) is 0 Å². The van der Waals surface area contributed by atoms with Crippen molar-refractivity contribution in [2.24, 2.45) is 0 Å². The summed E-state index contributed by atoms with van der Waals surface area (Å²) >= 11 is 1.52. The number of thiophene rings is 1. The van der Waals surface area contributed by atoms with E-state index in [-0.39, 0.29) is 5.91 Å². The van der Waals surface area contributed by atoms with Crippen molar-refractivity contribution in [2.45, 2.75) is 13.8 Å². The van der Waals surface area contributed by atoms with Gasteiger partial charge in [0.1, 0.15) is 10.6 Å². The zero-order chi connectivity index (χ0) is 22.1. The molecule has 0 aliphatic carbocycles. The summed E-state index contributed by atoms with van der Waals surface area (Å²) in [7, 11) is 0. The van der Waals surface area contributed by atoms with Crippen LogP contribution in [0.2, 0.25) is 0 Å². The minimum atomic E-state index is 0.1000. The van der Waals surface area contributed by atoms with Crippen molar-refractivity contribution < 1.29 is 9.53 Å². The van der Waals surface area contributed by atoms with E-state index < -0.39 is 0 Å². The Kier molecular flexibility index (Phi) is 5.57. The second-order valence-corrected chi connectivity index (χ2v) is 8.87. The number of hydrogen-bond acceptors (Lipinski definition) is 5. The molecule has 3 heterocycles. The largest absolute Gasteiger partial charge is 0.492 e. The quantitative estimate of drug-likeness (QED) is 0.444. The number of benzene rings is 2. The first kappa shape index (κ1) is 20.6. The van der Waals surface area contributed by atoms with Crippen LogP contribution in [-0.4, -0.2) is 53.4 Å². The lowest BCUT2D eigenvalue weighted by molar-refractivity contribution is 0.0751. The fraction of sp³-hybridized carbons (Fsp3) is 0.280. The van der Waals surface area contributed by atoms with Crippen LogP contribution < -0.4 is 9.64 Å². The minimum Gasteiger partial charge on any atom is -0.492 e. The summed E-state index contributed by atoms with van der Waals surface area (Å²) in [4.78, 5) is 19.4. The van der Waals surface area contributed by atoms with E-state index in [0.29, 0.717) is 19.7 Å². The molecule has 164 valence electrons. The van der Waals surface area contributed by atoms with Crippen LogP contribution in [0, 0.1) is 6.92 Å². The van der Waals surface area contributed by atoms with E-state index in [9.17, 15) is 4.79 Å². The molecule has 0 atom stereocenters. The van der Waals surface area contributed by atoms with Crippen molar-refractivity contribution in [2.75, 3.05) is 37.7 Å². The molecule has 0 spiro atoms. The molecule has 1 amide bonds. The van der Waals surface area contributed by atoms with Crippen LogP contribution in [0.15, 0.2) is 60.7 Å². The highest BCUT2D eigenvalue weighted by Crippen LogP contribution is 2.32. The Bertz CT molecular complexity index is 1240. The number of anilines is 1. The summed E-state index contributed by atoms with van der Waals surface area (Å²) < 4.78 is 7.73. The molecule has 2 aromatic heterocycles. The van der Waals surface area contributed by atoms with Crippen LogP contribution in [-0.2, 0) is 0 Å². The minimum absolute atomic E-state index is 0.1000. The molecule has 6 nitrogen and oxygen atoms in total. The smallest absolute Gasteiger partial charge is 0.264 e. The molecule has 7 heteroatoms. The van der Waals surface area contributed by atoms with Gasteiger partial charge in [-0.3, -0.25) is 4.79 Å². The molecule has 0 radical (unpaired) electrons. The first-order valence-electron chi connectivity index (χ1n) is 11.0. The van der Waals surface area contributed by atoms with Gasteiger partial charge in [0.2, 0.25) is 0 Å². The van der Waals surface area contributed by atoms with E-state index in [1.165, 1.54) is 11.3 Å². The van der Waals surface area contributed by atoms with E-state index in [1.807, 2.05) is 78.0 Å². The van der Waals surface area contributed by atoms with Crippen molar-refractivity contribution in [3.63, 3.8) is 0 Å². The maximum absolute atomic E-state index is 13.3. The van der Waals surface area contributed by atoms with Gasteiger partial charge in [-0.2, -0.15) is 5.10 Å². The van der Waals surface area contributed by atoms with Crippen LogP contribution in [0.4, 0.5) is 5.69 Å². The maximum Gasteiger partial charge on any atom is 0.264 e. The highest BCUT2D eigenvalue weighted by atomic mass is 32.1. The lowest BCUT2D eigenvalue weighted by Crippen LogP contribution is -2.48. The molecule has 0 bridgehead atoms. The lowest BCUT2D eigenvalue weighted by Gasteiger charge is -2.36. The number of para-hydroxylation sites is 3. The van der Waals surface area contributed by atoms with Crippen LogP contribution in [0.1, 0.15) is 22.3 Å². The molecular weight excluding hydrogens is 420 g/mol. The van der Waals surface area contributed by atoms with Crippen molar-refractivity contribution in [1.82, 2.24) is 14.7 Å². The van der Waals surface area contributed by atoms with Gasteiger partial charge >= 0.3 is 0 Å².